The second-order valence-electron chi connectivity index (χ2n) is 4.16. The molecule has 3 heteroatoms. The molecule has 3 nitrogen and oxygen atoms in total. The fourth-order valence-corrected chi connectivity index (χ4v) is 1.80. The van der Waals surface area contributed by atoms with Gasteiger partial charge in [0, 0.05) is 18.0 Å². The maximum atomic E-state index is 5.75. The summed E-state index contributed by atoms with van der Waals surface area (Å²) in [6, 6.07) is 7.87. The van der Waals surface area contributed by atoms with Crippen LogP contribution >= 0.6 is 0 Å². The van der Waals surface area contributed by atoms with Crippen LogP contribution in [-0.4, -0.2) is 9.97 Å². The van der Waals surface area contributed by atoms with Gasteiger partial charge >= 0.3 is 0 Å². The third kappa shape index (κ3) is 1.69. The highest BCUT2D eigenvalue weighted by Gasteiger charge is 2.08. The van der Waals surface area contributed by atoms with Crippen LogP contribution in [0.2, 0.25) is 0 Å². The van der Waals surface area contributed by atoms with Crippen molar-refractivity contribution in [3.05, 3.63) is 47.8 Å². The van der Waals surface area contributed by atoms with Gasteiger partial charge in [0.25, 0.3) is 0 Å². The summed E-state index contributed by atoms with van der Waals surface area (Å²) in [5.41, 5.74) is 5.13. The number of hydrogen-bond donors (Lipinski definition) is 0. The smallest absolute Gasteiger partial charge is 0.227 e. The Balaban J connectivity index is 2.21. The lowest BCUT2D eigenvalue weighted by Gasteiger charge is -1.96. The number of fused-ring (bicyclic) bond motifs is 1. The number of rotatable bonds is 1. The quantitative estimate of drug-likeness (QED) is 0.635. The minimum Gasteiger partial charge on any atom is -0.436 e. The molecular formula is C14H12N2O. The van der Waals surface area contributed by atoms with Gasteiger partial charge in [-0.2, -0.15) is 0 Å². The van der Waals surface area contributed by atoms with Crippen LogP contribution in [0.3, 0.4) is 0 Å². The van der Waals surface area contributed by atoms with Crippen molar-refractivity contribution in [2.75, 3.05) is 0 Å². The SMILES string of the molecule is Cc1cc2nc(-c3ccncc3)oc2cc1C. The summed E-state index contributed by atoms with van der Waals surface area (Å²) in [6.07, 6.45) is 3.47. The second-order valence-corrected chi connectivity index (χ2v) is 4.16. The van der Waals surface area contributed by atoms with Gasteiger partial charge in [-0.15, -0.1) is 0 Å². The zero-order valence-corrected chi connectivity index (χ0v) is 9.77. The number of oxazole rings is 1. The Kier molecular flexibility index (Phi) is 2.18. The zero-order chi connectivity index (χ0) is 11.8. The molecule has 0 spiro atoms. The molecule has 0 unspecified atom stereocenters. The Morgan fingerprint density at radius 2 is 1.71 bits per heavy atom. The third-order valence-corrected chi connectivity index (χ3v) is 2.93. The molecule has 0 bridgehead atoms. The van der Waals surface area contributed by atoms with E-state index in [0.717, 1.165) is 16.7 Å². The van der Waals surface area contributed by atoms with Crippen LogP contribution in [0.25, 0.3) is 22.6 Å². The highest BCUT2D eigenvalue weighted by molar-refractivity contribution is 5.77. The molecule has 0 aliphatic carbocycles. The molecule has 0 amide bonds. The van der Waals surface area contributed by atoms with Gasteiger partial charge in [-0.05, 0) is 49.2 Å². The summed E-state index contributed by atoms with van der Waals surface area (Å²) in [5.74, 6) is 0.646. The fourth-order valence-electron chi connectivity index (χ4n) is 1.80. The summed E-state index contributed by atoms with van der Waals surface area (Å²) < 4.78 is 5.75. The van der Waals surface area contributed by atoms with E-state index in [-0.39, 0.29) is 0 Å². The zero-order valence-electron chi connectivity index (χ0n) is 9.77. The summed E-state index contributed by atoms with van der Waals surface area (Å²) >= 11 is 0. The third-order valence-electron chi connectivity index (χ3n) is 2.93. The fraction of sp³-hybridized carbons (Fsp3) is 0.143. The van der Waals surface area contributed by atoms with Gasteiger partial charge in [-0.25, -0.2) is 4.98 Å². The Morgan fingerprint density at radius 1 is 1.00 bits per heavy atom. The molecule has 2 heterocycles. The maximum Gasteiger partial charge on any atom is 0.227 e. The van der Waals surface area contributed by atoms with Gasteiger partial charge in [-0.3, -0.25) is 4.98 Å². The van der Waals surface area contributed by atoms with Crippen LogP contribution in [0.15, 0.2) is 41.1 Å². The number of hydrogen-bond acceptors (Lipinski definition) is 3. The van der Waals surface area contributed by atoms with Crippen LogP contribution in [0.1, 0.15) is 11.1 Å². The van der Waals surface area contributed by atoms with Crippen LogP contribution in [0.5, 0.6) is 0 Å². The molecule has 84 valence electrons. The molecule has 0 aliphatic rings. The average Bonchev–Trinajstić information content (AvgIpc) is 2.74. The van der Waals surface area contributed by atoms with Crippen molar-refractivity contribution in [3.8, 4) is 11.5 Å². The summed E-state index contributed by atoms with van der Waals surface area (Å²) in [7, 11) is 0. The molecule has 0 fully saturated rings. The number of nitrogens with zero attached hydrogens (tertiary/aromatic N) is 2. The Bertz CT molecular complexity index is 632. The standard InChI is InChI=1S/C14H12N2O/c1-9-7-12-13(8-10(9)2)17-14(16-12)11-3-5-15-6-4-11/h3-8H,1-2H3. The van der Waals surface area contributed by atoms with Crippen molar-refractivity contribution in [1.29, 1.82) is 0 Å². The molecule has 0 N–H and O–H groups in total. The van der Waals surface area contributed by atoms with E-state index < -0.39 is 0 Å². The van der Waals surface area contributed by atoms with Crippen LogP contribution in [0.4, 0.5) is 0 Å². The van der Waals surface area contributed by atoms with Crippen molar-refractivity contribution >= 4 is 11.1 Å². The molecule has 0 saturated carbocycles. The van der Waals surface area contributed by atoms with Crippen molar-refractivity contribution in [3.63, 3.8) is 0 Å². The molecular weight excluding hydrogens is 212 g/mol. The number of aryl methyl sites for hydroxylation is 2. The molecule has 0 aliphatic heterocycles. The lowest BCUT2D eigenvalue weighted by molar-refractivity contribution is 0.619. The maximum absolute atomic E-state index is 5.75. The Labute approximate surface area is 99.1 Å². The lowest BCUT2D eigenvalue weighted by atomic mass is 10.1. The molecule has 0 radical (unpaired) electrons. The van der Waals surface area contributed by atoms with Gasteiger partial charge in [0.15, 0.2) is 5.58 Å². The van der Waals surface area contributed by atoms with Gasteiger partial charge < -0.3 is 4.42 Å². The number of aromatic nitrogens is 2. The molecule has 3 rings (SSSR count). The molecule has 17 heavy (non-hydrogen) atoms. The average molecular weight is 224 g/mol. The first-order chi connectivity index (χ1) is 8.24. The van der Waals surface area contributed by atoms with Gasteiger partial charge in [0.1, 0.15) is 5.52 Å². The minimum atomic E-state index is 0.646. The lowest BCUT2D eigenvalue weighted by Crippen LogP contribution is -1.79. The van der Waals surface area contributed by atoms with E-state index in [1.807, 2.05) is 18.2 Å². The molecule has 0 atom stereocenters. The highest BCUT2D eigenvalue weighted by atomic mass is 16.3. The number of benzene rings is 1. The summed E-state index contributed by atoms with van der Waals surface area (Å²) in [4.78, 5) is 8.47. The topological polar surface area (TPSA) is 38.9 Å². The first-order valence-electron chi connectivity index (χ1n) is 5.52. The van der Waals surface area contributed by atoms with Crippen molar-refractivity contribution in [2.45, 2.75) is 13.8 Å². The van der Waals surface area contributed by atoms with E-state index in [2.05, 4.69) is 29.9 Å². The van der Waals surface area contributed by atoms with Gasteiger partial charge in [0.05, 0.1) is 0 Å². The molecule has 1 aromatic carbocycles. The molecule has 2 aromatic heterocycles. The van der Waals surface area contributed by atoms with Crippen LogP contribution < -0.4 is 0 Å². The predicted octanol–water partition coefficient (Wildman–Crippen LogP) is 3.51. The first-order valence-corrected chi connectivity index (χ1v) is 5.52. The van der Waals surface area contributed by atoms with Gasteiger partial charge in [-0.1, -0.05) is 0 Å². The Morgan fingerprint density at radius 3 is 2.47 bits per heavy atom. The van der Waals surface area contributed by atoms with E-state index in [1.165, 1.54) is 11.1 Å². The van der Waals surface area contributed by atoms with Crippen molar-refractivity contribution in [1.82, 2.24) is 9.97 Å². The van der Waals surface area contributed by atoms with E-state index in [4.69, 9.17) is 4.42 Å². The van der Waals surface area contributed by atoms with Gasteiger partial charge in [0.2, 0.25) is 5.89 Å². The number of pyridine rings is 1. The summed E-state index contributed by atoms with van der Waals surface area (Å²) in [5, 5.41) is 0. The summed E-state index contributed by atoms with van der Waals surface area (Å²) in [6.45, 7) is 4.15. The monoisotopic (exact) mass is 224 g/mol. The molecule has 0 saturated heterocycles. The van der Waals surface area contributed by atoms with Crippen LogP contribution in [-0.2, 0) is 0 Å². The van der Waals surface area contributed by atoms with E-state index in [9.17, 15) is 0 Å². The Hall–Kier alpha value is -2.16. The normalized spacial score (nSPS) is 10.9. The first kappa shape index (κ1) is 10.0. The molecule has 3 aromatic rings. The van der Waals surface area contributed by atoms with Crippen molar-refractivity contribution in [2.24, 2.45) is 0 Å². The van der Waals surface area contributed by atoms with Crippen LogP contribution in [0, 0.1) is 13.8 Å². The van der Waals surface area contributed by atoms with E-state index in [0.29, 0.717) is 5.89 Å². The largest absolute Gasteiger partial charge is 0.436 e. The predicted molar refractivity (Wildman–Crippen MR) is 66.7 cm³/mol. The highest BCUT2D eigenvalue weighted by Crippen LogP contribution is 2.25. The van der Waals surface area contributed by atoms with Crippen molar-refractivity contribution < 1.29 is 4.42 Å². The van der Waals surface area contributed by atoms with E-state index >= 15 is 0 Å². The second kappa shape index (κ2) is 3.70. The minimum absolute atomic E-state index is 0.646. The van der Waals surface area contributed by atoms with E-state index in [1.54, 1.807) is 12.4 Å².